The van der Waals surface area contributed by atoms with E-state index in [1.54, 1.807) is 11.3 Å². The first-order chi connectivity index (χ1) is 8.29. The maximum Gasteiger partial charge on any atom is 0.227 e. The van der Waals surface area contributed by atoms with E-state index in [-0.39, 0.29) is 12.5 Å². The second-order valence-corrected chi connectivity index (χ2v) is 5.23. The topological polar surface area (TPSA) is 43.8 Å². The van der Waals surface area contributed by atoms with Gasteiger partial charge in [0.05, 0.1) is 13.0 Å². The second-order valence-electron chi connectivity index (χ2n) is 4.20. The summed E-state index contributed by atoms with van der Waals surface area (Å²) in [5, 5.41) is 10.8. The van der Waals surface area contributed by atoms with Gasteiger partial charge in [0.2, 0.25) is 5.91 Å². The van der Waals surface area contributed by atoms with Crippen molar-refractivity contribution in [3.63, 3.8) is 0 Å². The third-order valence-electron chi connectivity index (χ3n) is 3.05. The average Bonchev–Trinajstić information content (AvgIpc) is 2.83. The Bertz CT molecular complexity index is 345. The number of nitrogens with zero attached hydrogens (tertiary/aromatic N) is 2. The minimum Gasteiger partial charge on any atom is -0.395 e. The van der Waals surface area contributed by atoms with E-state index in [0.29, 0.717) is 13.0 Å². The van der Waals surface area contributed by atoms with Gasteiger partial charge in [-0.3, -0.25) is 9.69 Å². The fourth-order valence-electron chi connectivity index (χ4n) is 2.04. The summed E-state index contributed by atoms with van der Waals surface area (Å²) in [4.78, 5) is 17.2. The van der Waals surface area contributed by atoms with Crippen LogP contribution in [0.5, 0.6) is 0 Å². The molecule has 0 saturated carbocycles. The van der Waals surface area contributed by atoms with Gasteiger partial charge in [0.15, 0.2) is 0 Å². The highest BCUT2D eigenvalue weighted by Crippen LogP contribution is 2.11. The van der Waals surface area contributed by atoms with Crippen LogP contribution in [0.2, 0.25) is 0 Å². The van der Waals surface area contributed by atoms with Gasteiger partial charge in [-0.1, -0.05) is 6.07 Å². The second kappa shape index (κ2) is 6.14. The van der Waals surface area contributed by atoms with Crippen molar-refractivity contribution >= 4 is 17.2 Å². The molecule has 5 heteroatoms. The van der Waals surface area contributed by atoms with Crippen LogP contribution in [0.25, 0.3) is 0 Å². The molecule has 1 aromatic heterocycles. The van der Waals surface area contributed by atoms with E-state index in [1.165, 1.54) is 0 Å². The molecule has 0 spiro atoms. The van der Waals surface area contributed by atoms with Crippen molar-refractivity contribution in [1.82, 2.24) is 9.80 Å². The maximum atomic E-state index is 12.0. The van der Waals surface area contributed by atoms with Gasteiger partial charge in [-0.05, 0) is 11.4 Å². The van der Waals surface area contributed by atoms with Gasteiger partial charge in [-0.25, -0.2) is 0 Å². The van der Waals surface area contributed by atoms with E-state index < -0.39 is 0 Å². The Morgan fingerprint density at radius 1 is 1.35 bits per heavy atom. The number of rotatable bonds is 4. The van der Waals surface area contributed by atoms with E-state index in [2.05, 4.69) is 4.90 Å². The Hall–Kier alpha value is -0.910. The third kappa shape index (κ3) is 3.52. The molecule has 17 heavy (non-hydrogen) atoms. The number of amides is 1. The number of carbonyl (C=O) groups excluding carboxylic acids is 1. The lowest BCUT2D eigenvalue weighted by Gasteiger charge is -2.34. The highest BCUT2D eigenvalue weighted by Gasteiger charge is 2.20. The smallest absolute Gasteiger partial charge is 0.227 e. The summed E-state index contributed by atoms with van der Waals surface area (Å²) in [6.45, 7) is 4.22. The number of carbonyl (C=O) groups is 1. The number of hydrogen-bond donors (Lipinski definition) is 1. The summed E-state index contributed by atoms with van der Waals surface area (Å²) in [6.07, 6.45) is 0.525. The Morgan fingerprint density at radius 2 is 2.12 bits per heavy atom. The molecule has 1 amide bonds. The van der Waals surface area contributed by atoms with Crippen molar-refractivity contribution < 1.29 is 9.90 Å². The summed E-state index contributed by atoms with van der Waals surface area (Å²) in [6, 6.07) is 3.98. The molecule has 0 aliphatic carbocycles. The number of hydrogen-bond acceptors (Lipinski definition) is 4. The molecule has 1 aliphatic heterocycles. The van der Waals surface area contributed by atoms with Crippen molar-refractivity contribution in [2.24, 2.45) is 0 Å². The Balaban J connectivity index is 1.78. The molecule has 1 fully saturated rings. The number of piperazine rings is 1. The van der Waals surface area contributed by atoms with Crippen LogP contribution in [-0.2, 0) is 11.2 Å². The molecule has 4 nitrogen and oxygen atoms in total. The Labute approximate surface area is 105 Å². The lowest BCUT2D eigenvalue weighted by molar-refractivity contribution is -0.132. The Kier molecular flexibility index (Phi) is 4.53. The maximum absolute atomic E-state index is 12.0. The van der Waals surface area contributed by atoms with Crippen LogP contribution in [0.3, 0.4) is 0 Å². The van der Waals surface area contributed by atoms with Crippen molar-refractivity contribution in [3.05, 3.63) is 22.4 Å². The molecule has 1 aromatic rings. The van der Waals surface area contributed by atoms with Gasteiger partial charge in [0.25, 0.3) is 0 Å². The van der Waals surface area contributed by atoms with E-state index in [9.17, 15) is 4.79 Å². The lowest BCUT2D eigenvalue weighted by atomic mass is 10.2. The predicted octanol–water partition coefficient (Wildman–Crippen LogP) is 0.427. The zero-order valence-electron chi connectivity index (χ0n) is 9.84. The van der Waals surface area contributed by atoms with Gasteiger partial charge in [-0.15, -0.1) is 11.3 Å². The molecule has 2 rings (SSSR count). The van der Waals surface area contributed by atoms with Crippen LogP contribution >= 0.6 is 11.3 Å². The van der Waals surface area contributed by atoms with E-state index >= 15 is 0 Å². The zero-order valence-corrected chi connectivity index (χ0v) is 10.7. The normalized spacial score (nSPS) is 17.4. The van der Waals surface area contributed by atoms with Crippen LogP contribution in [0.1, 0.15) is 4.88 Å². The molecule has 0 aromatic carbocycles. The number of aliphatic hydroxyl groups is 1. The van der Waals surface area contributed by atoms with Gasteiger partial charge in [-0.2, -0.15) is 0 Å². The van der Waals surface area contributed by atoms with Crippen molar-refractivity contribution in [3.8, 4) is 0 Å². The highest BCUT2D eigenvalue weighted by atomic mass is 32.1. The monoisotopic (exact) mass is 254 g/mol. The first-order valence-corrected chi connectivity index (χ1v) is 6.81. The molecule has 2 heterocycles. The van der Waals surface area contributed by atoms with Crippen LogP contribution < -0.4 is 0 Å². The minimum absolute atomic E-state index is 0.198. The summed E-state index contributed by atoms with van der Waals surface area (Å²) >= 11 is 1.63. The molecule has 0 radical (unpaired) electrons. The van der Waals surface area contributed by atoms with Gasteiger partial charge in [0, 0.05) is 37.6 Å². The van der Waals surface area contributed by atoms with Crippen LogP contribution in [0.4, 0.5) is 0 Å². The Morgan fingerprint density at radius 3 is 2.71 bits per heavy atom. The van der Waals surface area contributed by atoms with Crippen molar-refractivity contribution in [2.75, 3.05) is 39.3 Å². The minimum atomic E-state index is 0.198. The van der Waals surface area contributed by atoms with Crippen LogP contribution in [0, 0.1) is 0 Å². The SMILES string of the molecule is O=C(Cc1cccs1)N1CCN(CCO)CC1. The lowest BCUT2D eigenvalue weighted by Crippen LogP contribution is -2.49. The van der Waals surface area contributed by atoms with E-state index in [0.717, 1.165) is 31.1 Å². The summed E-state index contributed by atoms with van der Waals surface area (Å²) in [5.74, 6) is 0.219. The van der Waals surface area contributed by atoms with Gasteiger partial charge in [0.1, 0.15) is 0 Å². The van der Waals surface area contributed by atoms with Crippen LogP contribution in [0.15, 0.2) is 17.5 Å². The molecule has 0 bridgehead atoms. The fraction of sp³-hybridized carbons (Fsp3) is 0.583. The largest absolute Gasteiger partial charge is 0.395 e. The molecular formula is C12H18N2O2S. The molecule has 1 aliphatic rings. The number of β-amino-alcohol motifs (C(OH)–C–C–N with tert-alkyl or cyclic N) is 1. The van der Waals surface area contributed by atoms with Crippen molar-refractivity contribution in [2.45, 2.75) is 6.42 Å². The summed E-state index contributed by atoms with van der Waals surface area (Å²) < 4.78 is 0. The molecule has 94 valence electrons. The third-order valence-corrected chi connectivity index (χ3v) is 3.92. The molecule has 1 saturated heterocycles. The molecule has 0 unspecified atom stereocenters. The number of thiophene rings is 1. The first-order valence-electron chi connectivity index (χ1n) is 5.93. The summed E-state index contributed by atoms with van der Waals surface area (Å²) in [5.41, 5.74) is 0. The quantitative estimate of drug-likeness (QED) is 0.847. The fourth-order valence-corrected chi connectivity index (χ4v) is 2.73. The number of aliphatic hydroxyl groups excluding tert-OH is 1. The highest BCUT2D eigenvalue weighted by molar-refractivity contribution is 7.10. The predicted molar refractivity (Wildman–Crippen MR) is 68.1 cm³/mol. The van der Waals surface area contributed by atoms with Gasteiger partial charge >= 0.3 is 0 Å². The average molecular weight is 254 g/mol. The van der Waals surface area contributed by atoms with E-state index in [4.69, 9.17) is 5.11 Å². The van der Waals surface area contributed by atoms with Crippen LogP contribution in [-0.4, -0.2) is 60.1 Å². The van der Waals surface area contributed by atoms with Crippen molar-refractivity contribution in [1.29, 1.82) is 0 Å². The van der Waals surface area contributed by atoms with Gasteiger partial charge < -0.3 is 10.0 Å². The van der Waals surface area contributed by atoms with E-state index in [1.807, 2.05) is 22.4 Å². The summed E-state index contributed by atoms with van der Waals surface area (Å²) in [7, 11) is 0. The molecule has 1 N–H and O–H groups in total. The molecular weight excluding hydrogens is 236 g/mol. The first kappa shape index (κ1) is 12.5. The standard InChI is InChI=1S/C12H18N2O2S/c15-8-7-13-3-5-14(6-4-13)12(16)10-11-2-1-9-17-11/h1-2,9,15H,3-8,10H2. The molecule has 0 atom stereocenters. The zero-order chi connectivity index (χ0) is 12.1.